The highest BCUT2D eigenvalue weighted by Crippen LogP contribution is 2.30. The number of carbonyl (C=O) groups excluding carboxylic acids is 2. The van der Waals surface area contributed by atoms with Gasteiger partial charge in [0.05, 0.1) is 23.5 Å². The molecule has 2 aliphatic heterocycles. The lowest BCUT2D eigenvalue weighted by atomic mass is 9.96. The number of hydrogen-bond acceptors (Lipinski definition) is 7. The van der Waals surface area contributed by atoms with E-state index in [0.717, 1.165) is 56.0 Å². The summed E-state index contributed by atoms with van der Waals surface area (Å²) in [6, 6.07) is 11.1. The first-order valence-corrected chi connectivity index (χ1v) is 13.4. The fourth-order valence-electron chi connectivity index (χ4n) is 4.80. The number of halogens is 1. The largest absolute Gasteiger partial charge is 0.367 e. The second-order valence-corrected chi connectivity index (χ2v) is 10.6. The minimum absolute atomic E-state index is 0.119. The minimum Gasteiger partial charge on any atom is -0.367 e. The van der Waals surface area contributed by atoms with Crippen LogP contribution in [0.3, 0.4) is 0 Å². The summed E-state index contributed by atoms with van der Waals surface area (Å²) in [5.74, 6) is 0.0917. The van der Waals surface area contributed by atoms with E-state index in [0.29, 0.717) is 28.9 Å². The molecule has 2 aromatic heterocycles. The molecule has 3 aromatic rings. The van der Waals surface area contributed by atoms with Crippen LogP contribution in [0, 0.1) is 5.92 Å². The summed E-state index contributed by atoms with van der Waals surface area (Å²) in [6.45, 7) is 4.86. The van der Waals surface area contributed by atoms with E-state index in [4.69, 9.17) is 11.6 Å². The van der Waals surface area contributed by atoms with Gasteiger partial charge in [0.25, 0.3) is 5.91 Å². The van der Waals surface area contributed by atoms with Crippen LogP contribution in [-0.2, 0) is 4.79 Å². The highest BCUT2D eigenvalue weighted by atomic mass is 35.5. The number of piperidine rings is 1. The molecule has 0 unspecified atom stereocenters. The number of thiazole rings is 1. The fraction of sp³-hybridized carbons (Fsp3) is 0.385. The fourth-order valence-corrected chi connectivity index (χ4v) is 5.74. The van der Waals surface area contributed by atoms with E-state index < -0.39 is 0 Å². The predicted octanol–water partition coefficient (Wildman–Crippen LogP) is 4.10. The molecule has 0 radical (unpaired) electrons. The Balaban J connectivity index is 1.15. The number of piperazine rings is 1. The lowest BCUT2D eigenvalue weighted by Gasteiger charge is -2.39. The van der Waals surface area contributed by atoms with Crippen LogP contribution in [0.2, 0.25) is 5.02 Å². The Kier molecular flexibility index (Phi) is 7.50. The topological polar surface area (TPSA) is 81.7 Å². The molecule has 1 N–H and O–H groups in total. The van der Waals surface area contributed by atoms with Gasteiger partial charge in [0, 0.05) is 48.7 Å². The number of amides is 2. The van der Waals surface area contributed by atoms with Crippen LogP contribution in [0.15, 0.2) is 48.0 Å². The number of nitrogens with zero attached hydrogens (tertiary/aromatic N) is 5. The maximum absolute atomic E-state index is 12.9. The van der Waals surface area contributed by atoms with Crippen LogP contribution in [0.1, 0.15) is 23.3 Å². The van der Waals surface area contributed by atoms with E-state index in [9.17, 15) is 9.59 Å². The van der Waals surface area contributed by atoms with Crippen LogP contribution in [0.5, 0.6) is 0 Å². The Bertz CT molecular complexity index is 1230. The Morgan fingerprint density at radius 3 is 2.61 bits per heavy atom. The molecule has 36 heavy (non-hydrogen) atoms. The SMILES string of the molecule is CN1CCC[C@H](C(=O)N2CCN(c3ccc(C(=O)Nc4nc(-c5ccccc5Cl)cs4)nc3)CC2)C1. The van der Waals surface area contributed by atoms with Gasteiger partial charge >= 0.3 is 0 Å². The maximum atomic E-state index is 12.9. The number of carbonyl (C=O) groups is 2. The first kappa shape index (κ1) is 24.7. The molecule has 0 aliphatic carbocycles. The zero-order valence-corrected chi connectivity index (χ0v) is 21.8. The smallest absolute Gasteiger partial charge is 0.276 e. The van der Waals surface area contributed by atoms with Gasteiger partial charge in [0.2, 0.25) is 5.91 Å². The van der Waals surface area contributed by atoms with Crippen molar-refractivity contribution in [2.24, 2.45) is 5.92 Å². The second-order valence-electron chi connectivity index (χ2n) is 9.29. The average Bonchev–Trinajstić information content (AvgIpc) is 3.37. The summed E-state index contributed by atoms with van der Waals surface area (Å²) < 4.78 is 0. The summed E-state index contributed by atoms with van der Waals surface area (Å²) in [5.41, 5.74) is 2.82. The van der Waals surface area contributed by atoms with Crippen LogP contribution in [0.4, 0.5) is 10.8 Å². The van der Waals surface area contributed by atoms with E-state index in [2.05, 4.69) is 32.1 Å². The number of nitrogens with one attached hydrogen (secondary N) is 1. The van der Waals surface area contributed by atoms with Gasteiger partial charge in [-0.25, -0.2) is 9.97 Å². The predicted molar refractivity (Wildman–Crippen MR) is 144 cm³/mol. The van der Waals surface area contributed by atoms with Crippen LogP contribution in [0.25, 0.3) is 11.3 Å². The van der Waals surface area contributed by atoms with Crippen molar-refractivity contribution in [3.05, 3.63) is 58.7 Å². The van der Waals surface area contributed by atoms with Crippen molar-refractivity contribution in [2.45, 2.75) is 12.8 Å². The molecular weight excluding hydrogens is 496 g/mol. The Morgan fingerprint density at radius 1 is 1.08 bits per heavy atom. The normalized spacial score (nSPS) is 18.8. The minimum atomic E-state index is -0.311. The molecular formula is C26H29ClN6O2S. The molecule has 0 saturated carbocycles. The number of likely N-dealkylation sites (tertiary alicyclic amines) is 1. The third-order valence-electron chi connectivity index (χ3n) is 6.79. The Labute approximate surface area is 219 Å². The van der Waals surface area contributed by atoms with Crippen molar-refractivity contribution in [1.82, 2.24) is 19.8 Å². The standard InChI is InChI=1S/C26H29ClN6O2S/c1-31-10-4-5-18(16-31)25(35)33-13-11-32(12-14-33)19-8-9-22(28-15-19)24(34)30-26-29-23(17-36-26)20-6-2-3-7-21(20)27/h2-3,6-9,15,17-18H,4-5,10-14,16H2,1H3,(H,29,30,34)/t18-/m0/s1. The zero-order valence-electron chi connectivity index (χ0n) is 20.2. The Hall–Kier alpha value is -3.01. The van der Waals surface area contributed by atoms with Gasteiger partial charge < -0.3 is 14.7 Å². The van der Waals surface area contributed by atoms with E-state index in [1.54, 1.807) is 12.3 Å². The molecule has 0 spiro atoms. The van der Waals surface area contributed by atoms with Crippen molar-refractivity contribution >= 4 is 45.6 Å². The average molecular weight is 525 g/mol. The monoisotopic (exact) mass is 524 g/mol. The van der Waals surface area contributed by atoms with Gasteiger partial charge in [-0.3, -0.25) is 14.9 Å². The third kappa shape index (κ3) is 5.53. The number of rotatable bonds is 5. The van der Waals surface area contributed by atoms with Gasteiger partial charge in [-0.1, -0.05) is 29.8 Å². The molecule has 2 fully saturated rings. The Morgan fingerprint density at radius 2 is 1.89 bits per heavy atom. The maximum Gasteiger partial charge on any atom is 0.276 e. The highest BCUT2D eigenvalue weighted by molar-refractivity contribution is 7.14. The van der Waals surface area contributed by atoms with Crippen LogP contribution in [-0.4, -0.2) is 77.9 Å². The number of pyridine rings is 1. The summed E-state index contributed by atoms with van der Waals surface area (Å²) >= 11 is 7.60. The van der Waals surface area contributed by atoms with E-state index in [1.165, 1.54) is 11.3 Å². The number of hydrogen-bond donors (Lipinski definition) is 1. The molecule has 5 rings (SSSR count). The van der Waals surface area contributed by atoms with E-state index >= 15 is 0 Å². The van der Waals surface area contributed by atoms with Gasteiger partial charge in [-0.15, -0.1) is 11.3 Å². The molecule has 4 heterocycles. The van der Waals surface area contributed by atoms with E-state index in [1.807, 2.05) is 40.6 Å². The molecule has 1 aromatic carbocycles. The molecule has 0 bridgehead atoms. The van der Waals surface area contributed by atoms with Crippen LogP contribution >= 0.6 is 22.9 Å². The second kappa shape index (κ2) is 10.9. The molecule has 10 heteroatoms. The number of aromatic nitrogens is 2. The van der Waals surface area contributed by atoms with Crippen molar-refractivity contribution in [2.75, 3.05) is 56.5 Å². The summed E-state index contributed by atoms with van der Waals surface area (Å²) in [6.07, 6.45) is 3.79. The first-order chi connectivity index (χ1) is 17.5. The van der Waals surface area contributed by atoms with Gasteiger partial charge in [0.15, 0.2) is 5.13 Å². The zero-order chi connectivity index (χ0) is 25.1. The number of anilines is 2. The molecule has 8 nitrogen and oxygen atoms in total. The van der Waals surface area contributed by atoms with Crippen molar-refractivity contribution in [3.8, 4) is 11.3 Å². The summed E-state index contributed by atoms with van der Waals surface area (Å²) in [4.78, 5) is 41.0. The van der Waals surface area contributed by atoms with Crippen molar-refractivity contribution in [1.29, 1.82) is 0 Å². The van der Waals surface area contributed by atoms with Crippen molar-refractivity contribution < 1.29 is 9.59 Å². The van der Waals surface area contributed by atoms with Gasteiger partial charge in [-0.2, -0.15) is 0 Å². The molecule has 2 saturated heterocycles. The highest BCUT2D eigenvalue weighted by Gasteiger charge is 2.30. The van der Waals surface area contributed by atoms with Gasteiger partial charge in [0.1, 0.15) is 5.69 Å². The van der Waals surface area contributed by atoms with Crippen LogP contribution < -0.4 is 10.2 Å². The summed E-state index contributed by atoms with van der Waals surface area (Å²) in [7, 11) is 2.09. The molecule has 2 aliphatic rings. The van der Waals surface area contributed by atoms with Crippen molar-refractivity contribution in [3.63, 3.8) is 0 Å². The lowest BCUT2D eigenvalue weighted by Crippen LogP contribution is -2.52. The molecule has 188 valence electrons. The first-order valence-electron chi connectivity index (χ1n) is 12.2. The summed E-state index contributed by atoms with van der Waals surface area (Å²) in [5, 5.41) is 5.79. The lowest BCUT2D eigenvalue weighted by molar-refractivity contribution is -0.137. The quantitative estimate of drug-likeness (QED) is 0.541. The third-order valence-corrected chi connectivity index (χ3v) is 7.87. The number of benzene rings is 1. The molecule has 2 amide bonds. The van der Waals surface area contributed by atoms with Gasteiger partial charge in [-0.05, 0) is 44.6 Å². The molecule has 1 atom stereocenters. The van der Waals surface area contributed by atoms with E-state index in [-0.39, 0.29) is 17.7 Å².